The summed E-state index contributed by atoms with van der Waals surface area (Å²) < 4.78 is 1.45. The van der Waals surface area contributed by atoms with Crippen LogP contribution in [0.15, 0.2) is 30.5 Å². The third-order valence-corrected chi connectivity index (χ3v) is 1.83. The molecule has 1 heterocycles. The number of nitrogen functional groups attached to an aromatic ring is 1. The fourth-order valence-corrected chi connectivity index (χ4v) is 1.14. The molecule has 14 heavy (non-hydrogen) atoms. The predicted molar refractivity (Wildman–Crippen MR) is 51.2 cm³/mol. The Morgan fingerprint density at radius 1 is 1.29 bits per heavy atom. The molecule has 1 aromatic carbocycles. The van der Waals surface area contributed by atoms with Crippen molar-refractivity contribution in [3.8, 4) is 5.69 Å². The minimum Gasteiger partial charge on any atom is -0.399 e. The predicted octanol–water partition coefficient (Wildman–Crippen LogP) is 0.662. The van der Waals surface area contributed by atoms with Crippen LogP contribution in [0.2, 0.25) is 0 Å². The van der Waals surface area contributed by atoms with E-state index in [0.717, 1.165) is 5.69 Å². The first-order valence-corrected chi connectivity index (χ1v) is 4.03. The highest BCUT2D eigenvalue weighted by Gasteiger charge is 2.03. The van der Waals surface area contributed by atoms with Gasteiger partial charge in [0.25, 0.3) is 0 Å². The lowest BCUT2D eigenvalue weighted by Crippen LogP contribution is -2.01. The van der Waals surface area contributed by atoms with Crippen molar-refractivity contribution < 1.29 is 4.79 Å². The van der Waals surface area contributed by atoms with Crippen LogP contribution >= 0.6 is 0 Å². The number of rotatable bonds is 2. The van der Waals surface area contributed by atoms with Crippen LogP contribution in [0.4, 0.5) is 5.69 Å². The second kappa shape index (κ2) is 3.29. The minimum atomic E-state index is 0.412. The van der Waals surface area contributed by atoms with Crippen molar-refractivity contribution in [1.29, 1.82) is 0 Å². The van der Waals surface area contributed by atoms with Crippen LogP contribution in [-0.2, 0) is 0 Å². The minimum absolute atomic E-state index is 0.412. The van der Waals surface area contributed by atoms with Gasteiger partial charge in [0, 0.05) is 5.69 Å². The number of hydrogen-bond acceptors (Lipinski definition) is 4. The Hall–Kier alpha value is -2.17. The maximum atomic E-state index is 10.6. The second-order valence-corrected chi connectivity index (χ2v) is 2.78. The smallest absolute Gasteiger partial charge is 0.170 e. The monoisotopic (exact) mass is 188 g/mol. The molecule has 0 radical (unpaired) electrons. The van der Waals surface area contributed by atoms with E-state index in [9.17, 15) is 4.79 Å². The number of hydrogen-bond donors (Lipinski definition) is 1. The summed E-state index contributed by atoms with van der Waals surface area (Å²) in [6.45, 7) is 0. The van der Waals surface area contributed by atoms with E-state index in [1.807, 2.05) is 0 Å². The molecule has 2 aromatic rings. The molecule has 0 bridgehead atoms. The van der Waals surface area contributed by atoms with E-state index in [1.165, 1.54) is 10.9 Å². The highest BCUT2D eigenvalue weighted by Crippen LogP contribution is 2.10. The molecule has 1 aromatic heterocycles. The summed E-state index contributed by atoms with van der Waals surface area (Å²) in [5.74, 6) is 0. The molecule has 70 valence electrons. The molecule has 0 unspecified atom stereocenters. The van der Waals surface area contributed by atoms with E-state index in [-0.39, 0.29) is 0 Å². The first-order valence-electron chi connectivity index (χ1n) is 4.03. The van der Waals surface area contributed by atoms with Crippen LogP contribution in [0.1, 0.15) is 10.5 Å². The molecule has 0 atom stereocenters. The average Bonchev–Trinajstić information content (AvgIpc) is 2.67. The Morgan fingerprint density at radius 2 is 2.00 bits per heavy atom. The summed E-state index contributed by atoms with van der Waals surface area (Å²) in [6.07, 6.45) is 2.11. The zero-order valence-corrected chi connectivity index (χ0v) is 7.29. The molecule has 0 aliphatic heterocycles. The van der Waals surface area contributed by atoms with Gasteiger partial charge in [0.15, 0.2) is 6.29 Å². The zero-order valence-electron chi connectivity index (χ0n) is 7.29. The molecule has 0 saturated heterocycles. The molecule has 5 heteroatoms. The third-order valence-electron chi connectivity index (χ3n) is 1.83. The van der Waals surface area contributed by atoms with Crippen molar-refractivity contribution in [3.63, 3.8) is 0 Å². The molecule has 5 nitrogen and oxygen atoms in total. The molecule has 0 amide bonds. The van der Waals surface area contributed by atoms with Crippen molar-refractivity contribution in [3.05, 3.63) is 36.2 Å². The van der Waals surface area contributed by atoms with Crippen LogP contribution in [0, 0.1) is 0 Å². The standard InChI is InChI=1S/C9H8N4O/c10-7-1-3-8(4-2-7)13-9(6-14)5-11-12-13/h1-6H,10H2. The van der Waals surface area contributed by atoms with E-state index in [2.05, 4.69) is 10.3 Å². The van der Waals surface area contributed by atoms with Gasteiger partial charge < -0.3 is 5.73 Å². The Morgan fingerprint density at radius 3 is 2.64 bits per heavy atom. The lowest BCUT2D eigenvalue weighted by molar-refractivity contribution is 0.111. The maximum Gasteiger partial charge on any atom is 0.170 e. The fraction of sp³-hybridized carbons (Fsp3) is 0. The molecule has 0 saturated carbocycles. The Kier molecular flexibility index (Phi) is 1.98. The summed E-state index contributed by atoms with van der Waals surface area (Å²) >= 11 is 0. The maximum absolute atomic E-state index is 10.6. The molecule has 0 aliphatic carbocycles. The first kappa shape index (κ1) is 8.43. The molecular formula is C9H8N4O. The van der Waals surface area contributed by atoms with Crippen molar-refractivity contribution in [2.75, 3.05) is 5.73 Å². The topological polar surface area (TPSA) is 73.8 Å². The van der Waals surface area contributed by atoms with E-state index in [4.69, 9.17) is 5.73 Å². The first-order chi connectivity index (χ1) is 6.81. The highest BCUT2D eigenvalue weighted by molar-refractivity contribution is 5.72. The lowest BCUT2D eigenvalue weighted by Gasteiger charge is -2.01. The summed E-state index contributed by atoms with van der Waals surface area (Å²) in [5, 5.41) is 7.42. The van der Waals surface area contributed by atoms with Gasteiger partial charge in [-0.05, 0) is 24.3 Å². The normalized spacial score (nSPS) is 10.0. The number of nitrogens with two attached hydrogens (primary N) is 1. The van der Waals surface area contributed by atoms with Gasteiger partial charge in [-0.2, -0.15) is 0 Å². The average molecular weight is 188 g/mol. The number of benzene rings is 1. The number of carbonyl (C=O) groups is 1. The Bertz CT molecular complexity index is 446. The number of aromatic nitrogens is 3. The summed E-state index contributed by atoms with van der Waals surface area (Å²) in [7, 11) is 0. The van der Waals surface area contributed by atoms with Gasteiger partial charge in [-0.25, -0.2) is 4.68 Å². The van der Waals surface area contributed by atoms with Crippen molar-refractivity contribution in [2.24, 2.45) is 0 Å². The Balaban J connectivity index is 2.49. The van der Waals surface area contributed by atoms with Gasteiger partial charge in [0.05, 0.1) is 11.9 Å². The number of anilines is 1. The van der Waals surface area contributed by atoms with Gasteiger partial charge in [0.1, 0.15) is 5.69 Å². The van der Waals surface area contributed by atoms with E-state index in [1.54, 1.807) is 24.3 Å². The van der Waals surface area contributed by atoms with Gasteiger partial charge >= 0.3 is 0 Å². The zero-order chi connectivity index (χ0) is 9.97. The molecule has 0 spiro atoms. The quantitative estimate of drug-likeness (QED) is 0.555. The van der Waals surface area contributed by atoms with Crippen LogP contribution < -0.4 is 5.73 Å². The largest absolute Gasteiger partial charge is 0.399 e. The van der Waals surface area contributed by atoms with Crippen molar-refractivity contribution in [1.82, 2.24) is 15.0 Å². The fourth-order valence-electron chi connectivity index (χ4n) is 1.14. The number of aldehydes is 1. The van der Waals surface area contributed by atoms with E-state index >= 15 is 0 Å². The molecule has 0 aliphatic rings. The van der Waals surface area contributed by atoms with E-state index in [0.29, 0.717) is 17.7 Å². The van der Waals surface area contributed by atoms with Crippen LogP contribution in [0.5, 0.6) is 0 Å². The van der Waals surface area contributed by atoms with Gasteiger partial charge in [0.2, 0.25) is 0 Å². The van der Waals surface area contributed by atoms with Gasteiger partial charge in [-0.15, -0.1) is 5.10 Å². The highest BCUT2D eigenvalue weighted by atomic mass is 16.1. The van der Waals surface area contributed by atoms with E-state index < -0.39 is 0 Å². The Labute approximate surface area is 80.2 Å². The second-order valence-electron chi connectivity index (χ2n) is 2.78. The molecular weight excluding hydrogens is 180 g/mol. The molecule has 2 rings (SSSR count). The molecule has 2 N–H and O–H groups in total. The third kappa shape index (κ3) is 1.35. The SMILES string of the molecule is Nc1ccc(-n2nncc2C=O)cc1. The van der Waals surface area contributed by atoms with Crippen LogP contribution in [0.25, 0.3) is 5.69 Å². The van der Waals surface area contributed by atoms with Gasteiger partial charge in [-0.1, -0.05) is 5.21 Å². The summed E-state index contributed by atoms with van der Waals surface area (Å²) in [5.41, 5.74) is 7.38. The van der Waals surface area contributed by atoms with Crippen LogP contribution in [-0.4, -0.2) is 21.3 Å². The number of nitrogens with zero attached hydrogens (tertiary/aromatic N) is 3. The van der Waals surface area contributed by atoms with Crippen molar-refractivity contribution >= 4 is 12.0 Å². The molecule has 0 fully saturated rings. The van der Waals surface area contributed by atoms with Gasteiger partial charge in [-0.3, -0.25) is 4.79 Å². The summed E-state index contributed by atoms with van der Waals surface area (Å²) in [4.78, 5) is 10.6. The lowest BCUT2D eigenvalue weighted by atomic mass is 10.3. The number of carbonyl (C=O) groups excluding carboxylic acids is 1. The van der Waals surface area contributed by atoms with Crippen molar-refractivity contribution in [2.45, 2.75) is 0 Å². The summed E-state index contributed by atoms with van der Waals surface area (Å²) in [6, 6.07) is 7.03. The van der Waals surface area contributed by atoms with Crippen LogP contribution in [0.3, 0.4) is 0 Å².